The van der Waals surface area contributed by atoms with Crippen LogP contribution in [0.15, 0.2) is 60.9 Å². The average molecular weight is 332 g/mol. The Morgan fingerprint density at radius 2 is 1.76 bits per heavy atom. The molecule has 0 radical (unpaired) electrons. The molecule has 3 aromatic heterocycles. The lowest BCUT2D eigenvalue weighted by Crippen LogP contribution is -1.98. The summed E-state index contributed by atoms with van der Waals surface area (Å²) in [5, 5.41) is 3.17. The second kappa shape index (κ2) is 6.12. The zero-order valence-corrected chi connectivity index (χ0v) is 13.5. The van der Waals surface area contributed by atoms with Crippen molar-refractivity contribution < 1.29 is 4.74 Å². The molecule has 0 saturated heterocycles. The van der Waals surface area contributed by atoms with Crippen LogP contribution in [-0.4, -0.2) is 19.5 Å². The van der Waals surface area contributed by atoms with Crippen molar-refractivity contribution in [2.45, 2.75) is 0 Å². The number of nitrogens with one attached hydrogen (secondary N) is 1. The minimum absolute atomic E-state index is 0.489. The van der Waals surface area contributed by atoms with Crippen LogP contribution in [-0.2, 0) is 7.05 Å². The minimum atomic E-state index is 0.489. The fourth-order valence-corrected chi connectivity index (χ4v) is 2.46. The van der Waals surface area contributed by atoms with Crippen molar-refractivity contribution in [3.8, 4) is 11.8 Å². The summed E-state index contributed by atoms with van der Waals surface area (Å²) in [6, 6.07) is 15.3. The molecule has 124 valence electrons. The van der Waals surface area contributed by atoms with Crippen LogP contribution in [0.5, 0.6) is 11.8 Å². The molecule has 0 atom stereocenters. The highest BCUT2D eigenvalue weighted by Crippen LogP contribution is 2.26. The molecule has 0 fully saturated rings. The van der Waals surface area contributed by atoms with Crippen molar-refractivity contribution in [1.82, 2.24) is 19.5 Å². The summed E-state index contributed by atoms with van der Waals surface area (Å²) in [6.45, 7) is 0. The molecule has 3 heterocycles. The molecule has 3 N–H and O–H groups in total. The number of hydrogen-bond acceptors (Lipinski definition) is 6. The standard InChI is InChI=1S/C18H16N6O/c1-24-17-15(5-3-11-21-17)23-18(24)25-13-8-6-12(7-9-13)22-16-14(19)4-2-10-20-16/h2-11H,19H2,1H3,(H,20,22). The third-order valence-electron chi connectivity index (χ3n) is 3.75. The van der Waals surface area contributed by atoms with Gasteiger partial charge in [-0.15, -0.1) is 0 Å². The molecule has 0 unspecified atom stereocenters. The van der Waals surface area contributed by atoms with Crippen LogP contribution in [0.3, 0.4) is 0 Å². The zero-order valence-electron chi connectivity index (χ0n) is 13.5. The topological polar surface area (TPSA) is 90.9 Å². The van der Waals surface area contributed by atoms with Crippen LogP contribution in [0.4, 0.5) is 17.2 Å². The maximum absolute atomic E-state index is 5.89. The van der Waals surface area contributed by atoms with Crippen LogP contribution in [0.1, 0.15) is 0 Å². The first-order chi connectivity index (χ1) is 12.2. The smallest absolute Gasteiger partial charge is 0.303 e. The summed E-state index contributed by atoms with van der Waals surface area (Å²) in [5.74, 6) is 1.30. The van der Waals surface area contributed by atoms with Gasteiger partial charge in [0.15, 0.2) is 11.5 Å². The lowest BCUT2D eigenvalue weighted by atomic mass is 10.3. The lowest BCUT2D eigenvalue weighted by Gasteiger charge is -2.09. The van der Waals surface area contributed by atoms with Gasteiger partial charge in [-0.3, -0.25) is 4.57 Å². The number of benzene rings is 1. The maximum Gasteiger partial charge on any atom is 0.303 e. The van der Waals surface area contributed by atoms with Gasteiger partial charge in [-0.2, -0.15) is 4.98 Å². The van der Waals surface area contributed by atoms with E-state index >= 15 is 0 Å². The summed E-state index contributed by atoms with van der Waals surface area (Å²) in [6.07, 6.45) is 3.42. The van der Waals surface area contributed by atoms with Gasteiger partial charge in [-0.1, -0.05) is 0 Å². The Kier molecular flexibility index (Phi) is 3.66. The van der Waals surface area contributed by atoms with E-state index in [2.05, 4.69) is 20.3 Å². The van der Waals surface area contributed by atoms with Crippen molar-refractivity contribution in [1.29, 1.82) is 0 Å². The Morgan fingerprint density at radius 1 is 1.00 bits per heavy atom. The van der Waals surface area contributed by atoms with E-state index in [1.54, 1.807) is 24.5 Å². The van der Waals surface area contributed by atoms with Gasteiger partial charge in [0, 0.05) is 25.1 Å². The average Bonchev–Trinajstić information content (AvgIpc) is 2.95. The third kappa shape index (κ3) is 2.94. The van der Waals surface area contributed by atoms with Gasteiger partial charge in [-0.25, -0.2) is 9.97 Å². The summed E-state index contributed by atoms with van der Waals surface area (Å²) >= 11 is 0. The number of imidazole rings is 1. The Balaban J connectivity index is 1.54. The second-order valence-corrected chi connectivity index (χ2v) is 5.49. The Bertz CT molecular complexity index is 1030. The molecule has 4 rings (SSSR count). The molecule has 0 bridgehead atoms. The number of anilines is 3. The van der Waals surface area contributed by atoms with E-state index in [1.165, 1.54) is 0 Å². The fourth-order valence-electron chi connectivity index (χ4n) is 2.46. The SMILES string of the molecule is Cn1c(Oc2ccc(Nc3ncccc3N)cc2)nc2cccnc21. The summed E-state index contributed by atoms with van der Waals surface area (Å²) in [5.41, 5.74) is 8.92. The predicted molar refractivity (Wildman–Crippen MR) is 97.0 cm³/mol. The number of nitrogens with two attached hydrogens (primary N) is 1. The largest absolute Gasteiger partial charge is 0.425 e. The maximum atomic E-state index is 5.89. The molecule has 0 spiro atoms. The van der Waals surface area contributed by atoms with Gasteiger partial charge in [0.2, 0.25) is 0 Å². The fraction of sp³-hybridized carbons (Fsp3) is 0.0556. The Hall–Kier alpha value is -3.61. The van der Waals surface area contributed by atoms with Crippen molar-refractivity contribution in [3.05, 3.63) is 60.9 Å². The van der Waals surface area contributed by atoms with Crippen LogP contribution in [0.2, 0.25) is 0 Å². The van der Waals surface area contributed by atoms with E-state index in [9.17, 15) is 0 Å². The van der Waals surface area contributed by atoms with Gasteiger partial charge >= 0.3 is 6.01 Å². The first-order valence-corrected chi connectivity index (χ1v) is 7.73. The van der Waals surface area contributed by atoms with Crippen LogP contribution >= 0.6 is 0 Å². The minimum Gasteiger partial charge on any atom is -0.425 e. The number of aryl methyl sites for hydroxylation is 1. The number of rotatable bonds is 4. The quantitative estimate of drug-likeness (QED) is 0.594. The van der Waals surface area contributed by atoms with Gasteiger partial charge in [0.25, 0.3) is 0 Å². The summed E-state index contributed by atoms with van der Waals surface area (Å²) in [4.78, 5) is 13.0. The number of nitrogen functional groups attached to an aromatic ring is 1. The van der Waals surface area contributed by atoms with Gasteiger partial charge in [0.05, 0.1) is 5.69 Å². The summed E-state index contributed by atoms with van der Waals surface area (Å²) in [7, 11) is 1.87. The molecular formula is C18H16N6O. The molecule has 0 aliphatic carbocycles. The Labute approximate surface area is 144 Å². The van der Waals surface area contributed by atoms with Crippen molar-refractivity contribution >= 4 is 28.4 Å². The molecule has 7 nitrogen and oxygen atoms in total. The van der Waals surface area contributed by atoms with Crippen molar-refractivity contribution in [3.63, 3.8) is 0 Å². The molecule has 7 heteroatoms. The molecule has 0 aliphatic rings. The van der Waals surface area contributed by atoms with E-state index in [0.29, 0.717) is 23.3 Å². The monoisotopic (exact) mass is 332 g/mol. The number of nitrogens with zero attached hydrogens (tertiary/aromatic N) is 4. The first kappa shape index (κ1) is 14.9. The molecule has 4 aromatic rings. The Morgan fingerprint density at radius 3 is 2.52 bits per heavy atom. The van der Waals surface area contributed by atoms with Gasteiger partial charge < -0.3 is 15.8 Å². The normalized spacial score (nSPS) is 10.8. The third-order valence-corrected chi connectivity index (χ3v) is 3.75. The molecular weight excluding hydrogens is 316 g/mol. The molecule has 0 saturated carbocycles. The molecule has 25 heavy (non-hydrogen) atoms. The zero-order chi connectivity index (χ0) is 17.2. The molecule has 0 amide bonds. The highest BCUT2D eigenvalue weighted by Gasteiger charge is 2.10. The van der Waals surface area contributed by atoms with E-state index in [-0.39, 0.29) is 0 Å². The number of pyridine rings is 2. The molecule has 0 aliphatic heterocycles. The van der Waals surface area contributed by atoms with Gasteiger partial charge in [0.1, 0.15) is 11.3 Å². The van der Waals surface area contributed by atoms with Crippen molar-refractivity contribution in [2.75, 3.05) is 11.1 Å². The van der Waals surface area contributed by atoms with Crippen LogP contribution in [0, 0.1) is 0 Å². The molecule has 1 aromatic carbocycles. The van der Waals surface area contributed by atoms with Gasteiger partial charge in [-0.05, 0) is 48.5 Å². The van der Waals surface area contributed by atoms with Crippen LogP contribution < -0.4 is 15.8 Å². The van der Waals surface area contributed by atoms with E-state index in [4.69, 9.17) is 10.5 Å². The van der Waals surface area contributed by atoms with E-state index in [0.717, 1.165) is 16.9 Å². The second-order valence-electron chi connectivity index (χ2n) is 5.49. The highest BCUT2D eigenvalue weighted by atomic mass is 16.5. The summed E-state index contributed by atoms with van der Waals surface area (Å²) < 4.78 is 7.68. The number of fused-ring (bicyclic) bond motifs is 1. The predicted octanol–water partition coefficient (Wildman–Crippen LogP) is 3.48. The number of aromatic nitrogens is 4. The lowest BCUT2D eigenvalue weighted by molar-refractivity contribution is 0.427. The highest BCUT2D eigenvalue weighted by molar-refractivity contribution is 5.72. The van der Waals surface area contributed by atoms with E-state index in [1.807, 2.05) is 48.0 Å². The van der Waals surface area contributed by atoms with E-state index < -0.39 is 0 Å². The number of hydrogen-bond donors (Lipinski definition) is 2. The van der Waals surface area contributed by atoms with Crippen molar-refractivity contribution in [2.24, 2.45) is 7.05 Å². The first-order valence-electron chi connectivity index (χ1n) is 7.73. The number of ether oxygens (including phenoxy) is 1. The van der Waals surface area contributed by atoms with Crippen LogP contribution in [0.25, 0.3) is 11.2 Å².